The lowest BCUT2D eigenvalue weighted by Crippen LogP contribution is -2.52. The van der Waals surface area contributed by atoms with E-state index in [-0.39, 0.29) is 24.4 Å². The van der Waals surface area contributed by atoms with E-state index in [0.29, 0.717) is 18.1 Å². The molecule has 2 rings (SSSR count). The molecule has 2 aromatic rings. The number of nitrogens with two attached hydrogens (primary N) is 1. The van der Waals surface area contributed by atoms with Gasteiger partial charge in [0.05, 0.1) is 11.6 Å². The molecular formula is C16H23ClN4O2. The zero-order chi connectivity index (χ0) is 16.2. The first-order valence-corrected chi connectivity index (χ1v) is 7.43. The van der Waals surface area contributed by atoms with Gasteiger partial charge in [0.25, 0.3) is 5.89 Å². The fourth-order valence-corrected chi connectivity index (χ4v) is 2.17. The second kappa shape index (κ2) is 8.08. The minimum atomic E-state index is -0.894. The van der Waals surface area contributed by atoms with Crippen LogP contribution in [0.1, 0.15) is 45.5 Å². The van der Waals surface area contributed by atoms with Gasteiger partial charge in [0.1, 0.15) is 0 Å². The Hall–Kier alpha value is -1.92. The van der Waals surface area contributed by atoms with Crippen molar-refractivity contribution in [2.24, 2.45) is 5.73 Å². The van der Waals surface area contributed by atoms with Crippen molar-refractivity contribution in [2.75, 3.05) is 0 Å². The van der Waals surface area contributed by atoms with E-state index in [1.807, 2.05) is 37.3 Å². The summed E-state index contributed by atoms with van der Waals surface area (Å²) < 4.78 is 5.24. The quantitative estimate of drug-likeness (QED) is 0.844. The van der Waals surface area contributed by atoms with Crippen molar-refractivity contribution in [1.82, 2.24) is 15.5 Å². The van der Waals surface area contributed by atoms with Crippen LogP contribution in [0.4, 0.5) is 0 Å². The maximum Gasteiger partial charge on any atom is 0.257 e. The van der Waals surface area contributed by atoms with Crippen LogP contribution in [0, 0.1) is 0 Å². The largest absolute Gasteiger partial charge is 0.345 e. The molecule has 0 aliphatic carbocycles. The predicted octanol–water partition coefficient (Wildman–Crippen LogP) is 2.85. The van der Waals surface area contributed by atoms with E-state index in [1.165, 1.54) is 0 Å². The third kappa shape index (κ3) is 4.77. The van der Waals surface area contributed by atoms with Crippen LogP contribution in [0.5, 0.6) is 0 Å². The second-order valence-electron chi connectivity index (χ2n) is 5.69. The Labute approximate surface area is 142 Å². The van der Waals surface area contributed by atoms with Gasteiger partial charge in [-0.3, -0.25) is 4.79 Å². The Morgan fingerprint density at radius 1 is 1.39 bits per heavy atom. The number of nitrogens with zero attached hydrogens (tertiary/aromatic N) is 2. The minimum absolute atomic E-state index is 0. The van der Waals surface area contributed by atoms with Crippen molar-refractivity contribution in [3.63, 3.8) is 0 Å². The fourth-order valence-electron chi connectivity index (χ4n) is 2.17. The van der Waals surface area contributed by atoms with E-state index in [0.717, 1.165) is 12.0 Å². The van der Waals surface area contributed by atoms with Gasteiger partial charge in [0.15, 0.2) is 5.82 Å². The van der Waals surface area contributed by atoms with Gasteiger partial charge in [-0.05, 0) is 32.4 Å². The molecule has 7 heteroatoms. The lowest BCUT2D eigenvalue weighted by atomic mass is 9.96. The Balaban J connectivity index is 0.00000264. The summed E-state index contributed by atoms with van der Waals surface area (Å²) in [5, 5.41) is 6.77. The Morgan fingerprint density at radius 2 is 2.04 bits per heavy atom. The van der Waals surface area contributed by atoms with Crippen LogP contribution in [-0.4, -0.2) is 21.6 Å². The summed E-state index contributed by atoms with van der Waals surface area (Å²) in [6.45, 7) is 5.52. The number of nitrogens with one attached hydrogen (secondary N) is 1. The molecule has 0 bridgehead atoms. The highest BCUT2D eigenvalue weighted by Crippen LogP contribution is 2.19. The first kappa shape index (κ1) is 19.1. The summed E-state index contributed by atoms with van der Waals surface area (Å²) in [5.41, 5.74) is 5.97. The van der Waals surface area contributed by atoms with Crippen molar-refractivity contribution in [1.29, 1.82) is 0 Å². The summed E-state index contributed by atoms with van der Waals surface area (Å²) in [6.07, 6.45) is 1.46. The Bertz CT molecular complexity index is 628. The van der Waals surface area contributed by atoms with E-state index in [4.69, 9.17) is 10.3 Å². The Morgan fingerprint density at radius 3 is 2.65 bits per heavy atom. The SMILES string of the molecule is CCCC(C)(N)C(=O)NC(C)c1noc(-c2ccccc2)n1.Cl. The van der Waals surface area contributed by atoms with Crippen molar-refractivity contribution in [3.05, 3.63) is 36.2 Å². The molecule has 1 amide bonds. The number of benzene rings is 1. The lowest BCUT2D eigenvalue weighted by molar-refractivity contribution is -0.126. The molecule has 0 radical (unpaired) electrons. The molecule has 0 fully saturated rings. The molecule has 3 N–H and O–H groups in total. The summed E-state index contributed by atoms with van der Waals surface area (Å²) in [5.74, 6) is 0.646. The summed E-state index contributed by atoms with van der Waals surface area (Å²) >= 11 is 0. The van der Waals surface area contributed by atoms with Crippen LogP contribution >= 0.6 is 12.4 Å². The number of carbonyl (C=O) groups is 1. The average molecular weight is 339 g/mol. The van der Waals surface area contributed by atoms with Gasteiger partial charge in [-0.1, -0.05) is 36.7 Å². The summed E-state index contributed by atoms with van der Waals surface area (Å²) in [6, 6.07) is 9.12. The number of carbonyl (C=O) groups excluding carboxylic acids is 1. The van der Waals surface area contributed by atoms with Gasteiger partial charge in [0.2, 0.25) is 5.91 Å². The zero-order valence-corrected chi connectivity index (χ0v) is 14.4. The molecular weight excluding hydrogens is 316 g/mol. The van der Waals surface area contributed by atoms with Gasteiger partial charge in [0, 0.05) is 5.56 Å². The first-order valence-electron chi connectivity index (χ1n) is 7.43. The van der Waals surface area contributed by atoms with Crippen molar-refractivity contribution in [2.45, 2.75) is 45.2 Å². The predicted molar refractivity (Wildman–Crippen MR) is 91.0 cm³/mol. The van der Waals surface area contributed by atoms with Crippen LogP contribution in [0.2, 0.25) is 0 Å². The standard InChI is InChI=1S/C16H22N4O2.ClH/c1-4-10-16(3,17)15(21)18-11(2)13-19-14(22-20-13)12-8-6-5-7-9-12;/h5-9,11H,4,10,17H2,1-3H3,(H,18,21);1H. The molecule has 0 aliphatic rings. The fraction of sp³-hybridized carbons (Fsp3) is 0.438. The third-order valence-electron chi connectivity index (χ3n) is 3.49. The molecule has 1 heterocycles. The van der Waals surface area contributed by atoms with Crippen molar-refractivity contribution in [3.8, 4) is 11.5 Å². The topological polar surface area (TPSA) is 94.0 Å². The number of hydrogen-bond acceptors (Lipinski definition) is 5. The van der Waals surface area contributed by atoms with Crippen LogP contribution in [-0.2, 0) is 4.79 Å². The number of amides is 1. The van der Waals surface area contributed by atoms with Crippen LogP contribution in [0.15, 0.2) is 34.9 Å². The molecule has 2 atom stereocenters. The van der Waals surface area contributed by atoms with Crippen LogP contribution in [0.3, 0.4) is 0 Å². The molecule has 126 valence electrons. The maximum atomic E-state index is 12.2. The molecule has 1 aromatic heterocycles. The highest BCUT2D eigenvalue weighted by Gasteiger charge is 2.29. The molecule has 2 unspecified atom stereocenters. The molecule has 0 spiro atoms. The smallest absolute Gasteiger partial charge is 0.257 e. The summed E-state index contributed by atoms with van der Waals surface area (Å²) in [4.78, 5) is 16.5. The van der Waals surface area contributed by atoms with E-state index in [9.17, 15) is 4.79 Å². The summed E-state index contributed by atoms with van der Waals surface area (Å²) in [7, 11) is 0. The molecule has 0 saturated carbocycles. The van der Waals surface area contributed by atoms with Crippen molar-refractivity contribution < 1.29 is 9.32 Å². The molecule has 23 heavy (non-hydrogen) atoms. The monoisotopic (exact) mass is 338 g/mol. The van der Waals surface area contributed by atoms with Gasteiger partial charge >= 0.3 is 0 Å². The van der Waals surface area contributed by atoms with Gasteiger partial charge in [-0.25, -0.2) is 0 Å². The first-order chi connectivity index (χ1) is 10.4. The lowest BCUT2D eigenvalue weighted by Gasteiger charge is -2.24. The third-order valence-corrected chi connectivity index (χ3v) is 3.49. The second-order valence-corrected chi connectivity index (χ2v) is 5.69. The van der Waals surface area contributed by atoms with Gasteiger partial charge in [-0.2, -0.15) is 4.98 Å². The Kier molecular flexibility index (Phi) is 6.72. The molecule has 0 aliphatic heterocycles. The molecule has 1 aromatic carbocycles. The molecule has 6 nitrogen and oxygen atoms in total. The van der Waals surface area contributed by atoms with E-state index in [1.54, 1.807) is 13.8 Å². The van der Waals surface area contributed by atoms with Crippen molar-refractivity contribution >= 4 is 18.3 Å². The highest BCUT2D eigenvalue weighted by molar-refractivity contribution is 5.86. The number of hydrogen-bond donors (Lipinski definition) is 2. The number of aromatic nitrogens is 2. The number of rotatable bonds is 6. The number of halogens is 1. The van der Waals surface area contributed by atoms with Gasteiger partial charge in [-0.15, -0.1) is 12.4 Å². The zero-order valence-electron chi connectivity index (χ0n) is 13.6. The molecule has 0 saturated heterocycles. The van der Waals surface area contributed by atoms with E-state index >= 15 is 0 Å². The van der Waals surface area contributed by atoms with E-state index in [2.05, 4.69) is 15.5 Å². The van der Waals surface area contributed by atoms with Gasteiger partial charge < -0.3 is 15.6 Å². The average Bonchev–Trinajstić information content (AvgIpc) is 2.98. The highest BCUT2D eigenvalue weighted by atomic mass is 35.5. The normalized spacial score (nSPS) is 14.4. The van der Waals surface area contributed by atoms with Crippen LogP contribution in [0.25, 0.3) is 11.5 Å². The maximum absolute atomic E-state index is 12.2. The minimum Gasteiger partial charge on any atom is -0.345 e. The van der Waals surface area contributed by atoms with E-state index < -0.39 is 5.54 Å². The van der Waals surface area contributed by atoms with Crippen LogP contribution < -0.4 is 11.1 Å².